The molecule has 2 nitrogen and oxygen atoms in total. The fourth-order valence-corrected chi connectivity index (χ4v) is 0.965. The summed E-state index contributed by atoms with van der Waals surface area (Å²) in [6, 6.07) is 0. The van der Waals surface area contributed by atoms with Gasteiger partial charge in [0.1, 0.15) is 6.10 Å². The molecule has 0 bridgehead atoms. The van der Waals surface area contributed by atoms with Crippen LogP contribution in [0.3, 0.4) is 0 Å². The second kappa shape index (κ2) is 2.27. The van der Waals surface area contributed by atoms with E-state index in [9.17, 15) is 4.79 Å². The van der Waals surface area contributed by atoms with Crippen LogP contribution in [-0.4, -0.2) is 17.0 Å². The normalized spacial score (nSPS) is 30.6. The number of carbonyl (C=O) groups is 1. The maximum Gasteiger partial charge on any atom is 0.161 e. The van der Waals surface area contributed by atoms with Crippen LogP contribution in [0.15, 0.2) is 0 Å². The molecule has 8 heavy (non-hydrogen) atoms. The molecule has 1 rings (SSSR count). The Bertz CT molecular complexity index is 98.7. The maximum atomic E-state index is 10.5. The molecule has 0 aromatic carbocycles. The summed E-state index contributed by atoms with van der Waals surface area (Å²) in [7, 11) is 0. The summed E-state index contributed by atoms with van der Waals surface area (Å²) in [6.45, 7) is 0. The van der Waals surface area contributed by atoms with E-state index in [1.807, 2.05) is 0 Å². The lowest BCUT2D eigenvalue weighted by atomic mass is 9.97. The van der Waals surface area contributed by atoms with Crippen molar-refractivity contribution < 1.29 is 9.90 Å². The molecule has 1 saturated carbocycles. The SMILES string of the molecule is O=C1CCCCC1O. The predicted octanol–water partition coefficient (Wildman–Crippen LogP) is 0.490. The lowest BCUT2D eigenvalue weighted by Gasteiger charge is -2.13. The number of ketones is 1. The topological polar surface area (TPSA) is 37.3 Å². The van der Waals surface area contributed by atoms with E-state index in [0.29, 0.717) is 12.8 Å². The molecule has 46 valence electrons. The fourth-order valence-electron chi connectivity index (χ4n) is 0.965. The minimum Gasteiger partial charge on any atom is -0.385 e. The number of rotatable bonds is 0. The zero-order valence-corrected chi connectivity index (χ0v) is 4.76. The number of hydrogen-bond acceptors (Lipinski definition) is 2. The highest BCUT2D eigenvalue weighted by atomic mass is 16.3. The summed E-state index contributed by atoms with van der Waals surface area (Å²) in [4.78, 5) is 10.5. The summed E-state index contributed by atoms with van der Waals surface area (Å²) < 4.78 is 0. The summed E-state index contributed by atoms with van der Waals surface area (Å²) >= 11 is 0. The van der Waals surface area contributed by atoms with Gasteiger partial charge >= 0.3 is 0 Å². The summed E-state index contributed by atoms with van der Waals surface area (Å²) in [5.41, 5.74) is 0. The second-order valence-electron chi connectivity index (χ2n) is 2.23. The van der Waals surface area contributed by atoms with Crippen molar-refractivity contribution in [1.82, 2.24) is 0 Å². The molecule has 0 amide bonds. The Morgan fingerprint density at radius 2 is 2.25 bits per heavy atom. The van der Waals surface area contributed by atoms with Crippen LogP contribution in [0.5, 0.6) is 0 Å². The average Bonchev–Trinajstić information content (AvgIpc) is 1.77. The van der Waals surface area contributed by atoms with Crippen molar-refractivity contribution in [2.75, 3.05) is 0 Å². The Hall–Kier alpha value is -0.370. The molecule has 0 heterocycles. The van der Waals surface area contributed by atoms with Gasteiger partial charge in [0.05, 0.1) is 0 Å². The third-order valence-electron chi connectivity index (χ3n) is 1.52. The summed E-state index contributed by atoms with van der Waals surface area (Å²) in [6.07, 6.45) is 2.60. The van der Waals surface area contributed by atoms with E-state index >= 15 is 0 Å². The minimum absolute atomic E-state index is 0.0243. The molecule has 0 aliphatic heterocycles. The maximum absolute atomic E-state index is 10.5. The Morgan fingerprint density at radius 1 is 1.50 bits per heavy atom. The molecular weight excluding hydrogens is 104 g/mol. The Morgan fingerprint density at radius 3 is 2.62 bits per heavy atom. The summed E-state index contributed by atoms with van der Waals surface area (Å²) in [5.74, 6) is 0.0243. The Kier molecular flexibility index (Phi) is 1.63. The molecule has 2 heteroatoms. The van der Waals surface area contributed by atoms with Crippen molar-refractivity contribution in [2.45, 2.75) is 31.8 Å². The highest BCUT2D eigenvalue weighted by Gasteiger charge is 2.18. The molecule has 0 aromatic heterocycles. The highest BCUT2D eigenvalue weighted by molar-refractivity contribution is 5.83. The first kappa shape index (κ1) is 5.76. The molecule has 1 aliphatic rings. The van der Waals surface area contributed by atoms with E-state index in [0.717, 1.165) is 12.8 Å². The summed E-state index contributed by atoms with van der Waals surface area (Å²) in [5, 5.41) is 8.83. The van der Waals surface area contributed by atoms with E-state index in [-0.39, 0.29) is 5.78 Å². The largest absolute Gasteiger partial charge is 0.385 e. The Labute approximate surface area is 48.5 Å². The van der Waals surface area contributed by atoms with Crippen molar-refractivity contribution in [1.29, 1.82) is 0 Å². The van der Waals surface area contributed by atoms with E-state index in [1.165, 1.54) is 0 Å². The molecule has 1 fully saturated rings. The van der Waals surface area contributed by atoms with E-state index in [1.54, 1.807) is 0 Å². The van der Waals surface area contributed by atoms with Crippen molar-refractivity contribution in [2.24, 2.45) is 0 Å². The third-order valence-corrected chi connectivity index (χ3v) is 1.52. The first-order valence-corrected chi connectivity index (χ1v) is 3.01. The van der Waals surface area contributed by atoms with Gasteiger partial charge in [0.2, 0.25) is 0 Å². The quantitative estimate of drug-likeness (QED) is 0.497. The number of aliphatic hydroxyl groups is 1. The molecular formula is C6H10O2. The molecule has 0 radical (unpaired) electrons. The molecule has 1 N–H and O–H groups in total. The zero-order chi connectivity index (χ0) is 5.98. The average molecular weight is 114 g/mol. The van der Waals surface area contributed by atoms with Gasteiger partial charge in [0, 0.05) is 6.42 Å². The van der Waals surface area contributed by atoms with Crippen LogP contribution >= 0.6 is 0 Å². The van der Waals surface area contributed by atoms with Crippen LogP contribution in [0.4, 0.5) is 0 Å². The van der Waals surface area contributed by atoms with Gasteiger partial charge in [-0.25, -0.2) is 0 Å². The van der Waals surface area contributed by atoms with Crippen LogP contribution in [0.2, 0.25) is 0 Å². The molecule has 1 aliphatic carbocycles. The lowest BCUT2D eigenvalue weighted by molar-refractivity contribution is -0.129. The van der Waals surface area contributed by atoms with Crippen molar-refractivity contribution in [3.05, 3.63) is 0 Å². The number of carbonyl (C=O) groups excluding carboxylic acids is 1. The van der Waals surface area contributed by atoms with Gasteiger partial charge in [-0.3, -0.25) is 4.79 Å². The zero-order valence-electron chi connectivity index (χ0n) is 4.76. The molecule has 0 aromatic rings. The Balaban J connectivity index is 2.39. The smallest absolute Gasteiger partial charge is 0.161 e. The monoisotopic (exact) mass is 114 g/mol. The van der Waals surface area contributed by atoms with Crippen LogP contribution in [0, 0.1) is 0 Å². The highest BCUT2D eigenvalue weighted by Crippen LogP contribution is 2.13. The van der Waals surface area contributed by atoms with Crippen LogP contribution in [0.25, 0.3) is 0 Å². The lowest BCUT2D eigenvalue weighted by Crippen LogP contribution is -2.23. The molecule has 1 atom stereocenters. The van der Waals surface area contributed by atoms with Crippen LogP contribution in [0.1, 0.15) is 25.7 Å². The number of hydrogen-bond donors (Lipinski definition) is 1. The fraction of sp³-hybridized carbons (Fsp3) is 0.833. The number of Topliss-reactive ketones (excluding diaryl/α,β-unsaturated/α-hetero) is 1. The first-order chi connectivity index (χ1) is 3.80. The van der Waals surface area contributed by atoms with Crippen LogP contribution < -0.4 is 0 Å². The van der Waals surface area contributed by atoms with Gasteiger partial charge in [-0.05, 0) is 19.3 Å². The second-order valence-corrected chi connectivity index (χ2v) is 2.23. The van der Waals surface area contributed by atoms with Gasteiger partial charge < -0.3 is 5.11 Å². The molecule has 0 saturated heterocycles. The van der Waals surface area contributed by atoms with E-state index < -0.39 is 6.10 Å². The predicted molar refractivity (Wildman–Crippen MR) is 29.5 cm³/mol. The van der Waals surface area contributed by atoms with E-state index in [2.05, 4.69) is 0 Å². The minimum atomic E-state index is -0.635. The van der Waals surface area contributed by atoms with Crippen LogP contribution in [-0.2, 0) is 4.79 Å². The molecule has 1 unspecified atom stereocenters. The van der Waals surface area contributed by atoms with Gasteiger partial charge in [-0.15, -0.1) is 0 Å². The van der Waals surface area contributed by atoms with Crippen molar-refractivity contribution in [3.8, 4) is 0 Å². The van der Waals surface area contributed by atoms with E-state index in [4.69, 9.17) is 5.11 Å². The van der Waals surface area contributed by atoms with Gasteiger partial charge in [0.25, 0.3) is 0 Å². The van der Waals surface area contributed by atoms with Gasteiger partial charge in [-0.2, -0.15) is 0 Å². The van der Waals surface area contributed by atoms with Gasteiger partial charge in [0.15, 0.2) is 5.78 Å². The molecule has 0 spiro atoms. The van der Waals surface area contributed by atoms with Crippen molar-refractivity contribution in [3.63, 3.8) is 0 Å². The number of aliphatic hydroxyl groups excluding tert-OH is 1. The van der Waals surface area contributed by atoms with Crippen molar-refractivity contribution >= 4 is 5.78 Å². The third kappa shape index (κ3) is 1.07. The first-order valence-electron chi connectivity index (χ1n) is 3.01. The van der Waals surface area contributed by atoms with Gasteiger partial charge in [-0.1, -0.05) is 0 Å². The standard InChI is InChI=1S/C6H10O2/c7-5-3-1-2-4-6(5)8/h5,7H,1-4H2.